The van der Waals surface area contributed by atoms with E-state index in [4.69, 9.17) is 4.74 Å². The average Bonchev–Trinajstić information content (AvgIpc) is 2.37. The summed E-state index contributed by atoms with van der Waals surface area (Å²) >= 11 is 0. The Balaban J connectivity index is 2.52. The molecule has 1 unspecified atom stereocenters. The van der Waals surface area contributed by atoms with E-state index in [9.17, 15) is 0 Å². The first-order valence-corrected chi connectivity index (χ1v) is 6.60. The van der Waals surface area contributed by atoms with E-state index in [1.165, 1.54) is 24.0 Å². The summed E-state index contributed by atoms with van der Waals surface area (Å²) in [5.41, 5.74) is 2.85. The minimum absolute atomic E-state index is 0.468. The minimum Gasteiger partial charge on any atom is -0.383 e. The molecule has 2 heteroatoms. The van der Waals surface area contributed by atoms with Crippen LogP contribution in [0.15, 0.2) is 24.3 Å². The van der Waals surface area contributed by atoms with Crippen molar-refractivity contribution in [2.45, 2.75) is 45.7 Å². The van der Waals surface area contributed by atoms with Gasteiger partial charge in [-0.1, -0.05) is 44.5 Å². The normalized spacial score (nSPS) is 12.6. The Bertz CT molecular complexity index is 306. The van der Waals surface area contributed by atoms with Crippen molar-refractivity contribution in [3.8, 4) is 0 Å². The van der Waals surface area contributed by atoms with E-state index >= 15 is 0 Å². The number of nitrogens with one attached hydrogen (secondary N) is 1. The van der Waals surface area contributed by atoms with Gasteiger partial charge in [-0.2, -0.15) is 0 Å². The lowest BCUT2D eigenvalue weighted by Gasteiger charge is -2.18. The Morgan fingerprint density at radius 2 is 1.88 bits per heavy atom. The summed E-state index contributed by atoms with van der Waals surface area (Å²) in [5.74, 6) is 0. The molecule has 0 saturated heterocycles. The van der Waals surface area contributed by atoms with Crippen molar-refractivity contribution in [2.75, 3.05) is 13.7 Å². The predicted molar refractivity (Wildman–Crippen MR) is 73.2 cm³/mol. The fourth-order valence-corrected chi connectivity index (χ4v) is 2.12. The molecule has 0 spiro atoms. The molecule has 1 atom stereocenters. The zero-order valence-corrected chi connectivity index (χ0v) is 11.3. The molecule has 2 nitrogen and oxygen atoms in total. The van der Waals surface area contributed by atoms with Gasteiger partial charge in [0.1, 0.15) is 0 Å². The van der Waals surface area contributed by atoms with Crippen LogP contribution in [-0.2, 0) is 17.7 Å². The Labute approximate surface area is 105 Å². The molecule has 0 aliphatic heterocycles. The van der Waals surface area contributed by atoms with Crippen LogP contribution in [0.1, 0.15) is 37.8 Å². The fraction of sp³-hybridized carbons (Fsp3) is 0.600. The van der Waals surface area contributed by atoms with Crippen molar-refractivity contribution in [3.05, 3.63) is 35.4 Å². The van der Waals surface area contributed by atoms with Gasteiger partial charge in [0, 0.05) is 19.7 Å². The number of aryl methyl sites for hydroxylation is 1. The lowest BCUT2D eigenvalue weighted by atomic mass is 10.0. The quantitative estimate of drug-likeness (QED) is 0.747. The molecular formula is C15H25NO. The van der Waals surface area contributed by atoms with Crippen molar-refractivity contribution in [2.24, 2.45) is 0 Å². The Morgan fingerprint density at radius 1 is 1.18 bits per heavy atom. The molecule has 0 amide bonds. The molecule has 0 heterocycles. The highest BCUT2D eigenvalue weighted by Crippen LogP contribution is 2.10. The Kier molecular flexibility index (Phi) is 6.90. The van der Waals surface area contributed by atoms with Crippen LogP contribution < -0.4 is 5.32 Å². The number of rotatable bonds is 8. The number of methoxy groups -OCH3 is 1. The van der Waals surface area contributed by atoms with Gasteiger partial charge in [0.25, 0.3) is 0 Å². The molecule has 0 aliphatic carbocycles. The van der Waals surface area contributed by atoms with Crippen LogP contribution in [0.5, 0.6) is 0 Å². The van der Waals surface area contributed by atoms with E-state index in [1.54, 1.807) is 7.11 Å². The molecule has 0 fully saturated rings. The molecule has 1 N–H and O–H groups in total. The summed E-state index contributed by atoms with van der Waals surface area (Å²) in [5, 5.41) is 3.59. The maximum absolute atomic E-state index is 5.24. The molecule has 0 bridgehead atoms. The molecule has 17 heavy (non-hydrogen) atoms. The number of benzene rings is 1. The summed E-state index contributed by atoms with van der Waals surface area (Å²) < 4.78 is 5.24. The van der Waals surface area contributed by atoms with Crippen LogP contribution in [0.25, 0.3) is 0 Å². The van der Waals surface area contributed by atoms with Crippen molar-refractivity contribution in [1.29, 1.82) is 0 Å². The summed E-state index contributed by atoms with van der Waals surface area (Å²) in [4.78, 5) is 0. The second-order valence-electron chi connectivity index (χ2n) is 4.44. The van der Waals surface area contributed by atoms with E-state index in [1.807, 2.05) is 0 Å². The van der Waals surface area contributed by atoms with Gasteiger partial charge in [-0.05, 0) is 24.0 Å². The van der Waals surface area contributed by atoms with Crippen LogP contribution in [0.3, 0.4) is 0 Å². The second-order valence-corrected chi connectivity index (χ2v) is 4.44. The predicted octanol–water partition coefficient (Wildman–Crippen LogP) is 3.15. The number of hydrogen-bond donors (Lipinski definition) is 1. The maximum atomic E-state index is 5.24. The van der Waals surface area contributed by atoms with Gasteiger partial charge in [-0.3, -0.25) is 0 Å². The first-order valence-electron chi connectivity index (χ1n) is 6.60. The molecule has 1 rings (SSSR count). The lowest BCUT2D eigenvalue weighted by Crippen LogP contribution is -2.32. The van der Waals surface area contributed by atoms with Gasteiger partial charge in [0.05, 0.1) is 6.61 Å². The van der Waals surface area contributed by atoms with E-state index < -0.39 is 0 Å². The van der Waals surface area contributed by atoms with Gasteiger partial charge in [-0.25, -0.2) is 0 Å². The lowest BCUT2D eigenvalue weighted by molar-refractivity contribution is 0.161. The summed E-state index contributed by atoms with van der Waals surface area (Å²) in [7, 11) is 1.77. The monoisotopic (exact) mass is 235 g/mol. The highest BCUT2D eigenvalue weighted by atomic mass is 16.5. The SMILES string of the molecule is CCCC(COC)NCc1ccccc1CC. The van der Waals surface area contributed by atoms with Gasteiger partial charge >= 0.3 is 0 Å². The zero-order chi connectivity index (χ0) is 12.5. The fourth-order valence-electron chi connectivity index (χ4n) is 2.12. The highest BCUT2D eigenvalue weighted by molar-refractivity contribution is 5.26. The topological polar surface area (TPSA) is 21.3 Å². The third kappa shape index (κ3) is 4.88. The Hall–Kier alpha value is -0.860. The van der Waals surface area contributed by atoms with Crippen LogP contribution in [-0.4, -0.2) is 19.8 Å². The average molecular weight is 235 g/mol. The molecule has 1 aromatic rings. The number of ether oxygens (including phenoxy) is 1. The highest BCUT2D eigenvalue weighted by Gasteiger charge is 2.07. The molecular weight excluding hydrogens is 210 g/mol. The maximum Gasteiger partial charge on any atom is 0.0615 e. The van der Waals surface area contributed by atoms with Crippen LogP contribution >= 0.6 is 0 Å². The smallest absolute Gasteiger partial charge is 0.0615 e. The third-order valence-electron chi connectivity index (χ3n) is 3.09. The first kappa shape index (κ1) is 14.2. The van der Waals surface area contributed by atoms with Crippen LogP contribution in [0.4, 0.5) is 0 Å². The van der Waals surface area contributed by atoms with Gasteiger partial charge < -0.3 is 10.1 Å². The van der Waals surface area contributed by atoms with Gasteiger partial charge in [0.15, 0.2) is 0 Å². The van der Waals surface area contributed by atoms with Crippen molar-refractivity contribution in [3.63, 3.8) is 0 Å². The van der Waals surface area contributed by atoms with Gasteiger partial charge in [0.2, 0.25) is 0 Å². The number of hydrogen-bond acceptors (Lipinski definition) is 2. The summed E-state index contributed by atoms with van der Waals surface area (Å²) in [6, 6.07) is 9.11. The van der Waals surface area contributed by atoms with E-state index in [2.05, 4.69) is 43.4 Å². The molecule has 1 aromatic carbocycles. The standard InChI is InChI=1S/C15H25NO/c1-4-8-15(12-17-3)16-11-14-10-7-6-9-13(14)5-2/h6-7,9-10,15-16H,4-5,8,11-12H2,1-3H3. The van der Waals surface area contributed by atoms with Gasteiger partial charge in [-0.15, -0.1) is 0 Å². The van der Waals surface area contributed by atoms with Crippen molar-refractivity contribution >= 4 is 0 Å². The van der Waals surface area contributed by atoms with Crippen LogP contribution in [0, 0.1) is 0 Å². The van der Waals surface area contributed by atoms with Crippen molar-refractivity contribution in [1.82, 2.24) is 5.32 Å². The molecule has 0 saturated carbocycles. The first-order chi connectivity index (χ1) is 8.31. The van der Waals surface area contributed by atoms with E-state index in [-0.39, 0.29) is 0 Å². The molecule has 0 aliphatic rings. The third-order valence-corrected chi connectivity index (χ3v) is 3.09. The zero-order valence-electron chi connectivity index (χ0n) is 11.3. The second kappa shape index (κ2) is 8.26. The molecule has 0 radical (unpaired) electrons. The van der Waals surface area contributed by atoms with E-state index in [0.717, 1.165) is 19.6 Å². The summed E-state index contributed by atoms with van der Waals surface area (Å²) in [6.45, 7) is 6.15. The van der Waals surface area contributed by atoms with E-state index in [0.29, 0.717) is 6.04 Å². The Morgan fingerprint density at radius 3 is 2.47 bits per heavy atom. The minimum atomic E-state index is 0.468. The largest absolute Gasteiger partial charge is 0.383 e. The van der Waals surface area contributed by atoms with Crippen LogP contribution in [0.2, 0.25) is 0 Å². The summed E-state index contributed by atoms with van der Waals surface area (Å²) in [6.07, 6.45) is 3.46. The molecule has 96 valence electrons. The van der Waals surface area contributed by atoms with Crippen molar-refractivity contribution < 1.29 is 4.74 Å². The molecule has 0 aromatic heterocycles.